The summed E-state index contributed by atoms with van der Waals surface area (Å²) in [5, 5.41) is 15.7. The molecule has 2 rings (SSSR count). The highest BCUT2D eigenvalue weighted by atomic mass is 79.9. The van der Waals surface area contributed by atoms with Crippen molar-refractivity contribution in [3.8, 4) is 5.69 Å². The minimum atomic E-state index is -0.150. The molecule has 2 N–H and O–H groups in total. The molecule has 78 valence electrons. The molecule has 4 nitrogen and oxygen atoms in total. The van der Waals surface area contributed by atoms with Crippen LogP contribution in [-0.2, 0) is 6.61 Å². The zero-order valence-corrected chi connectivity index (χ0v) is 10.0. The molecule has 0 saturated carbocycles. The van der Waals surface area contributed by atoms with E-state index in [1.165, 1.54) is 0 Å². The summed E-state index contributed by atoms with van der Waals surface area (Å²) in [7, 11) is 0. The van der Waals surface area contributed by atoms with Crippen LogP contribution in [0.3, 0.4) is 0 Å². The van der Waals surface area contributed by atoms with Crippen LogP contribution in [0.25, 0.3) is 5.69 Å². The van der Waals surface area contributed by atoms with Gasteiger partial charge in [-0.05, 0) is 36.5 Å². The first-order valence-electron chi connectivity index (χ1n) is 4.25. The SMILES string of the molecule is OCc1n[nH]c(=S)n1-c1ccc(Br)cc1. The van der Waals surface area contributed by atoms with Crippen LogP contribution in [0.5, 0.6) is 0 Å². The molecule has 0 aliphatic carbocycles. The fourth-order valence-electron chi connectivity index (χ4n) is 1.29. The predicted octanol–water partition coefficient (Wildman–Crippen LogP) is 2.18. The van der Waals surface area contributed by atoms with Gasteiger partial charge in [-0.25, -0.2) is 0 Å². The van der Waals surface area contributed by atoms with Crippen LogP contribution in [0.15, 0.2) is 28.7 Å². The number of nitrogens with zero attached hydrogens (tertiary/aromatic N) is 2. The van der Waals surface area contributed by atoms with Gasteiger partial charge in [0.25, 0.3) is 0 Å². The minimum Gasteiger partial charge on any atom is -0.388 e. The van der Waals surface area contributed by atoms with Crippen LogP contribution in [0.1, 0.15) is 5.82 Å². The number of H-pyrrole nitrogens is 1. The summed E-state index contributed by atoms with van der Waals surface area (Å²) in [6.07, 6.45) is 0. The van der Waals surface area contributed by atoms with E-state index >= 15 is 0 Å². The Morgan fingerprint density at radius 3 is 2.67 bits per heavy atom. The van der Waals surface area contributed by atoms with E-state index in [2.05, 4.69) is 26.1 Å². The molecule has 0 radical (unpaired) electrons. The lowest BCUT2D eigenvalue weighted by atomic mass is 10.3. The molecule has 0 fully saturated rings. The van der Waals surface area contributed by atoms with Gasteiger partial charge in [0, 0.05) is 10.2 Å². The number of aliphatic hydroxyl groups is 1. The topological polar surface area (TPSA) is 53.8 Å². The number of hydrogen-bond acceptors (Lipinski definition) is 3. The summed E-state index contributed by atoms with van der Waals surface area (Å²) in [4.78, 5) is 0. The second-order valence-corrected chi connectivity index (χ2v) is 4.22. The lowest BCUT2D eigenvalue weighted by Gasteiger charge is -2.04. The van der Waals surface area contributed by atoms with E-state index in [9.17, 15) is 0 Å². The second kappa shape index (κ2) is 4.26. The number of aliphatic hydroxyl groups excluding tert-OH is 1. The number of aromatic nitrogens is 3. The van der Waals surface area contributed by atoms with Crippen LogP contribution >= 0.6 is 28.1 Å². The third-order valence-electron chi connectivity index (χ3n) is 1.97. The molecule has 6 heteroatoms. The first kappa shape index (κ1) is 10.5. The molecule has 1 heterocycles. The Morgan fingerprint density at radius 2 is 2.07 bits per heavy atom. The van der Waals surface area contributed by atoms with Gasteiger partial charge in [0.1, 0.15) is 6.61 Å². The molecular weight excluding hydrogens is 278 g/mol. The van der Waals surface area contributed by atoms with Crippen molar-refractivity contribution in [1.29, 1.82) is 0 Å². The summed E-state index contributed by atoms with van der Waals surface area (Å²) in [6, 6.07) is 7.61. The molecule has 0 atom stereocenters. The van der Waals surface area contributed by atoms with Gasteiger partial charge in [0.2, 0.25) is 0 Å². The molecule has 0 unspecified atom stereocenters. The summed E-state index contributed by atoms with van der Waals surface area (Å²) in [6.45, 7) is -0.150. The van der Waals surface area contributed by atoms with E-state index in [4.69, 9.17) is 17.3 Å². The molecule has 0 amide bonds. The average molecular weight is 286 g/mol. The molecule has 1 aromatic heterocycles. The van der Waals surface area contributed by atoms with Crippen molar-refractivity contribution in [2.45, 2.75) is 6.61 Å². The van der Waals surface area contributed by atoms with Gasteiger partial charge in [0.15, 0.2) is 10.6 Å². The fourth-order valence-corrected chi connectivity index (χ4v) is 1.81. The maximum absolute atomic E-state index is 9.09. The summed E-state index contributed by atoms with van der Waals surface area (Å²) in [5.74, 6) is 0.502. The number of aromatic amines is 1. The van der Waals surface area contributed by atoms with Crippen molar-refractivity contribution in [2.24, 2.45) is 0 Å². The van der Waals surface area contributed by atoms with E-state index in [0.717, 1.165) is 10.2 Å². The smallest absolute Gasteiger partial charge is 0.199 e. The Kier molecular flexibility index (Phi) is 2.99. The van der Waals surface area contributed by atoms with Crippen LogP contribution in [0.2, 0.25) is 0 Å². The Morgan fingerprint density at radius 1 is 1.40 bits per heavy atom. The first-order chi connectivity index (χ1) is 7.22. The van der Waals surface area contributed by atoms with Gasteiger partial charge in [-0.15, -0.1) is 0 Å². The van der Waals surface area contributed by atoms with Gasteiger partial charge in [0.05, 0.1) is 0 Å². The van der Waals surface area contributed by atoms with Crippen molar-refractivity contribution in [3.05, 3.63) is 39.3 Å². The fraction of sp³-hybridized carbons (Fsp3) is 0.111. The van der Waals surface area contributed by atoms with Gasteiger partial charge < -0.3 is 5.11 Å². The van der Waals surface area contributed by atoms with Crippen LogP contribution in [0.4, 0.5) is 0 Å². The molecule has 15 heavy (non-hydrogen) atoms. The monoisotopic (exact) mass is 285 g/mol. The van der Waals surface area contributed by atoms with Gasteiger partial charge in [-0.3, -0.25) is 9.67 Å². The number of rotatable bonds is 2. The third kappa shape index (κ3) is 2.01. The number of hydrogen-bond donors (Lipinski definition) is 2. The molecule has 0 spiro atoms. The van der Waals surface area contributed by atoms with E-state index < -0.39 is 0 Å². The molecule has 0 aliphatic heterocycles. The maximum Gasteiger partial charge on any atom is 0.199 e. The first-order valence-corrected chi connectivity index (χ1v) is 5.45. The summed E-state index contributed by atoms with van der Waals surface area (Å²) >= 11 is 8.43. The van der Waals surface area contributed by atoms with E-state index in [1.807, 2.05) is 24.3 Å². The summed E-state index contributed by atoms with van der Waals surface area (Å²) < 4.78 is 3.16. The van der Waals surface area contributed by atoms with Gasteiger partial charge in [-0.2, -0.15) is 5.10 Å². The Bertz CT molecular complexity index is 517. The Labute approximate surface area is 99.7 Å². The average Bonchev–Trinajstić information content (AvgIpc) is 2.61. The summed E-state index contributed by atoms with van der Waals surface area (Å²) in [5.41, 5.74) is 0.876. The molecule has 0 aliphatic rings. The highest BCUT2D eigenvalue weighted by Gasteiger charge is 2.06. The third-order valence-corrected chi connectivity index (χ3v) is 2.77. The van der Waals surface area contributed by atoms with E-state index in [-0.39, 0.29) is 6.61 Å². The van der Waals surface area contributed by atoms with Crippen molar-refractivity contribution in [2.75, 3.05) is 0 Å². The van der Waals surface area contributed by atoms with E-state index in [1.54, 1.807) is 4.57 Å². The molecule has 0 bridgehead atoms. The van der Waals surface area contributed by atoms with Crippen molar-refractivity contribution < 1.29 is 5.11 Å². The molecule has 1 aromatic carbocycles. The predicted molar refractivity (Wildman–Crippen MR) is 62.4 cm³/mol. The van der Waals surface area contributed by atoms with Gasteiger partial charge in [-0.1, -0.05) is 15.9 Å². The lowest BCUT2D eigenvalue weighted by Crippen LogP contribution is -2.00. The van der Waals surface area contributed by atoms with Crippen molar-refractivity contribution in [3.63, 3.8) is 0 Å². The van der Waals surface area contributed by atoms with Crippen LogP contribution in [-0.4, -0.2) is 19.9 Å². The normalized spacial score (nSPS) is 10.5. The van der Waals surface area contributed by atoms with Gasteiger partial charge >= 0.3 is 0 Å². The van der Waals surface area contributed by atoms with Crippen LogP contribution < -0.4 is 0 Å². The second-order valence-electron chi connectivity index (χ2n) is 2.91. The molecular formula is C9H8BrN3OS. The van der Waals surface area contributed by atoms with Crippen molar-refractivity contribution >= 4 is 28.1 Å². The standard InChI is InChI=1S/C9H8BrN3OS/c10-6-1-3-7(4-2-6)13-8(5-14)11-12-9(13)15/h1-4,14H,5H2,(H,12,15). The van der Waals surface area contributed by atoms with E-state index in [0.29, 0.717) is 10.6 Å². The largest absolute Gasteiger partial charge is 0.388 e. The maximum atomic E-state index is 9.09. The lowest BCUT2D eigenvalue weighted by molar-refractivity contribution is 0.269. The number of halogens is 1. The van der Waals surface area contributed by atoms with Crippen LogP contribution in [0, 0.1) is 4.77 Å². The zero-order chi connectivity index (χ0) is 10.8. The number of benzene rings is 1. The highest BCUT2D eigenvalue weighted by Crippen LogP contribution is 2.15. The quantitative estimate of drug-likeness (QED) is 0.832. The molecule has 0 saturated heterocycles. The Balaban J connectivity index is 2.57. The highest BCUT2D eigenvalue weighted by molar-refractivity contribution is 9.10. The van der Waals surface area contributed by atoms with Crippen molar-refractivity contribution in [1.82, 2.24) is 14.8 Å². The molecule has 2 aromatic rings. The Hall–Kier alpha value is -0.980. The minimum absolute atomic E-state index is 0.150. The number of nitrogens with one attached hydrogen (secondary N) is 1. The zero-order valence-electron chi connectivity index (χ0n) is 7.64.